The zero-order valence-corrected chi connectivity index (χ0v) is 16.3. The second-order valence-electron chi connectivity index (χ2n) is 7.55. The predicted molar refractivity (Wildman–Crippen MR) is 109 cm³/mol. The van der Waals surface area contributed by atoms with Crippen molar-refractivity contribution in [2.45, 2.75) is 6.04 Å². The van der Waals surface area contributed by atoms with Crippen molar-refractivity contribution < 1.29 is 18.3 Å². The van der Waals surface area contributed by atoms with E-state index in [-0.39, 0.29) is 22.7 Å². The third kappa shape index (κ3) is 3.11. The van der Waals surface area contributed by atoms with Crippen molar-refractivity contribution in [2.75, 3.05) is 39.4 Å². The molecule has 7 heteroatoms. The number of benzene rings is 2. The number of rotatable bonds is 4. The van der Waals surface area contributed by atoms with E-state index in [1.54, 1.807) is 47.4 Å². The highest BCUT2D eigenvalue weighted by atomic mass is 19.1. The number of amides is 1. The standard InChI is InChI=1S/C23H21FN2O4/c24-17-7-3-1-5-15(17)20-19-21(27)16-6-2-4-8-18(16)30-22(19)23(28)26(20)10-9-25-11-13-29-14-12-25/h1-8,20H,9-14H2. The Labute approximate surface area is 172 Å². The molecule has 3 aromatic rings. The number of para-hydroxylation sites is 1. The fourth-order valence-electron chi connectivity index (χ4n) is 4.29. The van der Waals surface area contributed by atoms with Crippen LogP contribution in [0.4, 0.5) is 4.39 Å². The topological polar surface area (TPSA) is 63.0 Å². The van der Waals surface area contributed by atoms with Gasteiger partial charge in [0, 0.05) is 31.7 Å². The van der Waals surface area contributed by atoms with E-state index in [1.807, 2.05) is 0 Å². The van der Waals surface area contributed by atoms with Crippen molar-refractivity contribution >= 4 is 16.9 Å². The van der Waals surface area contributed by atoms with Gasteiger partial charge in [-0.05, 0) is 18.2 Å². The van der Waals surface area contributed by atoms with E-state index >= 15 is 0 Å². The van der Waals surface area contributed by atoms with Crippen LogP contribution >= 0.6 is 0 Å². The van der Waals surface area contributed by atoms with Gasteiger partial charge in [0.2, 0.25) is 5.76 Å². The monoisotopic (exact) mass is 408 g/mol. The highest BCUT2D eigenvalue weighted by molar-refractivity contribution is 5.99. The molecule has 154 valence electrons. The van der Waals surface area contributed by atoms with Crippen LogP contribution in [0, 0.1) is 5.82 Å². The van der Waals surface area contributed by atoms with E-state index < -0.39 is 11.9 Å². The molecular formula is C23H21FN2O4. The zero-order chi connectivity index (χ0) is 20.7. The average molecular weight is 408 g/mol. The smallest absolute Gasteiger partial charge is 0.290 e. The van der Waals surface area contributed by atoms with Gasteiger partial charge in [-0.1, -0.05) is 30.3 Å². The van der Waals surface area contributed by atoms with Crippen molar-refractivity contribution in [3.63, 3.8) is 0 Å². The molecule has 0 spiro atoms. The molecule has 2 aliphatic rings. The minimum absolute atomic E-state index is 0.00827. The normalized spacial score (nSPS) is 19.4. The van der Waals surface area contributed by atoms with E-state index in [0.29, 0.717) is 42.8 Å². The molecule has 1 amide bonds. The molecule has 1 atom stereocenters. The molecule has 30 heavy (non-hydrogen) atoms. The maximum atomic E-state index is 14.8. The second kappa shape index (κ2) is 7.66. The summed E-state index contributed by atoms with van der Waals surface area (Å²) in [6, 6.07) is 12.3. The van der Waals surface area contributed by atoms with E-state index in [1.165, 1.54) is 6.07 Å². The van der Waals surface area contributed by atoms with Crippen LogP contribution in [0.15, 0.2) is 57.7 Å². The molecule has 2 aliphatic heterocycles. The lowest BCUT2D eigenvalue weighted by Gasteiger charge is -2.31. The number of halogens is 1. The summed E-state index contributed by atoms with van der Waals surface area (Å²) in [6.45, 7) is 3.83. The largest absolute Gasteiger partial charge is 0.450 e. The quantitative estimate of drug-likeness (QED) is 0.664. The third-order valence-electron chi connectivity index (χ3n) is 5.83. The molecule has 1 aromatic heterocycles. The van der Waals surface area contributed by atoms with Gasteiger partial charge in [0.25, 0.3) is 5.91 Å². The van der Waals surface area contributed by atoms with Crippen molar-refractivity contribution in [3.8, 4) is 0 Å². The highest BCUT2D eigenvalue weighted by Gasteiger charge is 2.43. The summed E-state index contributed by atoms with van der Waals surface area (Å²) in [4.78, 5) is 30.4. The van der Waals surface area contributed by atoms with Crippen molar-refractivity contribution in [3.05, 3.63) is 81.5 Å². The lowest BCUT2D eigenvalue weighted by atomic mass is 9.98. The van der Waals surface area contributed by atoms with Crippen LogP contribution in [-0.4, -0.2) is 55.1 Å². The second-order valence-corrected chi connectivity index (χ2v) is 7.55. The van der Waals surface area contributed by atoms with Crippen molar-refractivity contribution in [1.29, 1.82) is 0 Å². The van der Waals surface area contributed by atoms with Crippen LogP contribution in [0.3, 0.4) is 0 Å². The molecule has 0 N–H and O–H groups in total. The first-order valence-corrected chi connectivity index (χ1v) is 10.1. The number of morpholine rings is 1. The Balaban J connectivity index is 1.61. The highest BCUT2D eigenvalue weighted by Crippen LogP contribution is 2.38. The maximum Gasteiger partial charge on any atom is 0.290 e. The van der Waals surface area contributed by atoms with Gasteiger partial charge in [-0.25, -0.2) is 4.39 Å². The van der Waals surface area contributed by atoms with Gasteiger partial charge in [-0.3, -0.25) is 14.5 Å². The fourth-order valence-corrected chi connectivity index (χ4v) is 4.29. The van der Waals surface area contributed by atoms with Gasteiger partial charge in [-0.2, -0.15) is 0 Å². The number of hydrogen-bond acceptors (Lipinski definition) is 5. The molecule has 1 unspecified atom stereocenters. The van der Waals surface area contributed by atoms with Crippen molar-refractivity contribution in [2.24, 2.45) is 0 Å². The van der Waals surface area contributed by atoms with Crippen LogP contribution < -0.4 is 5.43 Å². The minimum Gasteiger partial charge on any atom is -0.450 e. The molecule has 0 aliphatic carbocycles. The zero-order valence-electron chi connectivity index (χ0n) is 16.3. The van der Waals surface area contributed by atoms with E-state index in [9.17, 15) is 14.0 Å². The molecule has 0 radical (unpaired) electrons. The molecular weight excluding hydrogens is 387 g/mol. The van der Waals surface area contributed by atoms with Crippen LogP contribution in [0.1, 0.15) is 27.7 Å². The third-order valence-corrected chi connectivity index (χ3v) is 5.83. The number of ether oxygens (including phenoxy) is 1. The number of carbonyl (C=O) groups is 1. The SMILES string of the molecule is O=C1c2oc3ccccc3c(=O)c2C(c2ccccc2F)N1CCN1CCOCC1. The van der Waals surface area contributed by atoms with Crippen LogP contribution in [0.25, 0.3) is 11.0 Å². The summed E-state index contributed by atoms with van der Waals surface area (Å²) < 4.78 is 26.0. The first-order chi connectivity index (χ1) is 14.6. The molecule has 0 saturated carbocycles. The van der Waals surface area contributed by atoms with E-state index in [4.69, 9.17) is 9.15 Å². The first-order valence-electron chi connectivity index (χ1n) is 10.1. The summed E-state index contributed by atoms with van der Waals surface area (Å²) in [6.07, 6.45) is 0. The molecule has 1 saturated heterocycles. The summed E-state index contributed by atoms with van der Waals surface area (Å²) >= 11 is 0. The summed E-state index contributed by atoms with van der Waals surface area (Å²) in [5.41, 5.74) is 0.583. The van der Waals surface area contributed by atoms with Gasteiger partial charge in [0.1, 0.15) is 11.4 Å². The summed E-state index contributed by atoms with van der Waals surface area (Å²) in [5, 5.41) is 0.389. The van der Waals surface area contributed by atoms with Gasteiger partial charge in [0.15, 0.2) is 5.43 Å². The Morgan fingerprint density at radius 2 is 1.70 bits per heavy atom. The Morgan fingerprint density at radius 1 is 0.967 bits per heavy atom. The van der Waals surface area contributed by atoms with Gasteiger partial charge < -0.3 is 14.1 Å². The maximum absolute atomic E-state index is 14.8. The fraction of sp³-hybridized carbons (Fsp3) is 0.304. The minimum atomic E-state index is -0.810. The predicted octanol–water partition coefficient (Wildman–Crippen LogP) is 2.81. The van der Waals surface area contributed by atoms with Gasteiger partial charge >= 0.3 is 0 Å². The molecule has 6 nitrogen and oxygen atoms in total. The number of fused-ring (bicyclic) bond motifs is 2. The van der Waals surface area contributed by atoms with Gasteiger partial charge in [-0.15, -0.1) is 0 Å². The van der Waals surface area contributed by atoms with Crippen LogP contribution in [-0.2, 0) is 4.74 Å². The lowest BCUT2D eigenvalue weighted by Crippen LogP contribution is -2.42. The molecule has 2 aromatic carbocycles. The molecule has 5 rings (SSSR count). The van der Waals surface area contributed by atoms with Gasteiger partial charge in [0.05, 0.1) is 30.2 Å². The first kappa shape index (κ1) is 19.0. The number of carbonyl (C=O) groups excluding carboxylic acids is 1. The van der Waals surface area contributed by atoms with E-state index in [0.717, 1.165) is 13.1 Å². The molecule has 1 fully saturated rings. The summed E-state index contributed by atoms with van der Waals surface area (Å²) in [7, 11) is 0. The van der Waals surface area contributed by atoms with Crippen molar-refractivity contribution in [1.82, 2.24) is 9.80 Å². The Kier molecular flexibility index (Phi) is 4.84. The molecule has 0 bridgehead atoms. The van der Waals surface area contributed by atoms with E-state index in [2.05, 4.69) is 4.90 Å². The average Bonchev–Trinajstić information content (AvgIpc) is 3.05. The Hall–Kier alpha value is -3.03. The Morgan fingerprint density at radius 3 is 2.50 bits per heavy atom. The Bertz CT molecular complexity index is 1170. The summed E-state index contributed by atoms with van der Waals surface area (Å²) in [5.74, 6) is -0.824. The number of hydrogen-bond donors (Lipinski definition) is 0. The number of nitrogens with zero attached hydrogens (tertiary/aromatic N) is 2. The van der Waals surface area contributed by atoms with Crippen LogP contribution in [0.5, 0.6) is 0 Å². The van der Waals surface area contributed by atoms with Crippen LogP contribution in [0.2, 0.25) is 0 Å². The molecule has 3 heterocycles. The lowest BCUT2D eigenvalue weighted by molar-refractivity contribution is 0.0314.